The number of aromatic nitrogens is 2. The van der Waals surface area contributed by atoms with E-state index < -0.39 is 40.7 Å². The Morgan fingerprint density at radius 2 is 1.77 bits per heavy atom. The van der Waals surface area contributed by atoms with E-state index in [1.807, 2.05) is 0 Å². The number of amides is 1. The second-order valence-electron chi connectivity index (χ2n) is 5.32. The Kier molecular flexibility index (Phi) is 4.34. The first kappa shape index (κ1) is 17.8. The molecule has 0 saturated heterocycles. The number of carbonyl (C=O) groups is 1. The van der Waals surface area contributed by atoms with Gasteiger partial charge in [-0.15, -0.1) is 0 Å². The molecule has 2 aromatic heterocycles. The van der Waals surface area contributed by atoms with Gasteiger partial charge in [0.05, 0.1) is 23.4 Å². The van der Waals surface area contributed by atoms with E-state index in [9.17, 15) is 31.1 Å². The zero-order valence-corrected chi connectivity index (χ0v) is 12.7. The average molecular weight is 373 g/mol. The molecule has 0 spiro atoms. The first-order chi connectivity index (χ1) is 12.2. The SMILES string of the molecule is O=C(NCc1cn2cc(C(F)(F)F)ccc2n1)c1ccc(F)c(F)c1F. The Morgan fingerprint density at radius 1 is 1.04 bits per heavy atom. The summed E-state index contributed by atoms with van der Waals surface area (Å²) in [4.78, 5) is 15.9. The molecule has 10 heteroatoms. The van der Waals surface area contributed by atoms with Crippen molar-refractivity contribution in [1.29, 1.82) is 0 Å². The van der Waals surface area contributed by atoms with Gasteiger partial charge in [0.25, 0.3) is 5.91 Å². The Balaban J connectivity index is 1.77. The molecule has 1 amide bonds. The van der Waals surface area contributed by atoms with Crippen molar-refractivity contribution in [3.8, 4) is 0 Å². The monoisotopic (exact) mass is 373 g/mol. The topological polar surface area (TPSA) is 46.4 Å². The number of alkyl halides is 3. The number of nitrogens with zero attached hydrogens (tertiary/aromatic N) is 2. The molecule has 1 aromatic carbocycles. The molecular formula is C16H9F6N3O. The van der Waals surface area contributed by atoms with Crippen LogP contribution in [0.5, 0.6) is 0 Å². The highest BCUT2D eigenvalue weighted by Gasteiger charge is 2.30. The predicted octanol–water partition coefficient (Wildman–Crippen LogP) is 3.70. The van der Waals surface area contributed by atoms with Crippen LogP contribution < -0.4 is 5.32 Å². The van der Waals surface area contributed by atoms with E-state index in [-0.39, 0.29) is 17.9 Å². The number of benzene rings is 1. The molecular weight excluding hydrogens is 364 g/mol. The lowest BCUT2D eigenvalue weighted by Crippen LogP contribution is -2.24. The van der Waals surface area contributed by atoms with Crippen molar-refractivity contribution >= 4 is 11.6 Å². The molecule has 0 aliphatic carbocycles. The van der Waals surface area contributed by atoms with Gasteiger partial charge in [0.15, 0.2) is 17.5 Å². The van der Waals surface area contributed by atoms with Gasteiger partial charge in [-0.05, 0) is 24.3 Å². The molecule has 2 heterocycles. The minimum Gasteiger partial charge on any atom is -0.346 e. The Morgan fingerprint density at radius 3 is 2.46 bits per heavy atom. The molecule has 1 N–H and O–H groups in total. The molecule has 136 valence electrons. The average Bonchev–Trinajstić information content (AvgIpc) is 2.99. The number of hydrogen-bond donors (Lipinski definition) is 1. The first-order valence-corrected chi connectivity index (χ1v) is 7.13. The number of pyridine rings is 1. The van der Waals surface area contributed by atoms with Crippen LogP contribution in [-0.4, -0.2) is 15.3 Å². The van der Waals surface area contributed by atoms with Gasteiger partial charge in [-0.2, -0.15) is 13.2 Å². The van der Waals surface area contributed by atoms with Gasteiger partial charge < -0.3 is 9.72 Å². The van der Waals surface area contributed by atoms with E-state index in [2.05, 4.69) is 10.3 Å². The van der Waals surface area contributed by atoms with Gasteiger partial charge in [-0.1, -0.05) is 0 Å². The third kappa shape index (κ3) is 3.35. The van der Waals surface area contributed by atoms with Crippen molar-refractivity contribution in [2.75, 3.05) is 0 Å². The van der Waals surface area contributed by atoms with Crippen LogP contribution in [0.15, 0.2) is 36.7 Å². The summed E-state index contributed by atoms with van der Waals surface area (Å²) in [5.74, 6) is -5.85. The third-order valence-electron chi connectivity index (χ3n) is 3.54. The molecule has 0 fully saturated rings. The van der Waals surface area contributed by atoms with Crippen LogP contribution in [0.25, 0.3) is 5.65 Å². The zero-order valence-electron chi connectivity index (χ0n) is 12.7. The summed E-state index contributed by atoms with van der Waals surface area (Å²) in [5, 5.41) is 2.24. The van der Waals surface area contributed by atoms with Crippen molar-refractivity contribution in [2.45, 2.75) is 12.7 Å². The van der Waals surface area contributed by atoms with Crippen molar-refractivity contribution < 1.29 is 31.1 Å². The van der Waals surface area contributed by atoms with Gasteiger partial charge in [-0.3, -0.25) is 4.79 Å². The van der Waals surface area contributed by atoms with Crippen molar-refractivity contribution in [3.63, 3.8) is 0 Å². The van der Waals surface area contributed by atoms with E-state index >= 15 is 0 Å². The summed E-state index contributed by atoms with van der Waals surface area (Å²) in [7, 11) is 0. The fraction of sp³-hybridized carbons (Fsp3) is 0.125. The van der Waals surface area contributed by atoms with E-state index in [1.165, 1.54) is 6.20 Å². The van der Waals surface area contributed by atoms with Crippen LogP contribution in [0.2, 0.25) is 0 Å². The van der Waals surface area contributed by atoms with E-state index in [0.717, 1.165) is 28.8 Å². The molecule has 3 aromatic rings. The number of hydrogen-bond acceptors (Lipinski definition) is 2. The minimum absolute atomic E-state index is 0.195. The number of fused-ring (bicyclic) bond motifs is 1. The maximum atomic E-state index is 13.6. The molecule has 0 aliphatic heterocycles. The van der Waals surface area contributed by atoms with Crippen LogP contribution in [0.1, 0.15) is 21.6 Å². The lowest BCUT2D eigenvalue weighted by molar-refractivity contribution is -0.137. The minimum atomic E-state index is -4.52. The van der Waals surface area contributed by atoms with E-state index in [0.29, 0.717) is 6.07 Å². The second kappa shape index (κ2) is 6.36. The summed E-state index contributed by atoms with van der Waals surface area (Å²) in [5.41, 5.74) is -1.17. The standard InChI is InChI=1S/C16H9F6N3O/c17-11-3-2-10(13(18)14(11)19)15(26)23-5-9-7-25-6-8(16(20,21)22)1-4-12(25)24-9/h1-4,6-7H,5H2,(H,23,26). The smallest absolute Gasteiger partial charge is 0.346 e. The summed E-state index contributed by atoms with van der Waals surface area (Å²) < 4.78 is 78.7. The molecule has 26 heavy (non-hydrogen) atoms. The molecule has 0 saturated carbocycles. The van der Waals surface area contributed by atoms with Crippen LogP contribution >= 0.6 is 0 Å². The summed E-state index contributed by atoms with van der Waals surface area (Å²) in [6.07, 6.45) is -2.42. The van der Waals surface area contributed by atoms with Crippen LogP contribution in [0.4, 0.5) is 26.3 Å². The van der Waals surface area contributed by atoms with Gasteiger partial charge in [0.1, 0.15) is 5.65 Å². The molecule has 0 bridgehead atoms. The Hall–Kier alpha value is -3.04. The highest BCUT2D eigenvalue weighted by atomic mass is 19.4. The summed E-state index contributed by atoms with van der Waals surface area (Å²) in [6, 6.07) is 3.41. The van der Waals surface area contributed by atoms with Gasteiger partial charge >= 0.3 is 6.18 Å². The summed E-state index contributed by atoms with van der Waals surface area (Å²) >= 11 is 0. The molecule has 4 nitrogen and oxygen atoms in total. The Labute approximate surface area is 142 Å². The summed E-state index contributed by atoms with van der Waals surface area (Å²) in [6.45, 7) is -0.250. The number of halogens is 6. The maximum absolute atomic E-state index is 13.6. The Bertz CT molecular complexity index is 996. The second-order valence-corrected chi connectivity index (χ2v) is 5.32. The van der Waals surface area contributed by atoms with E-state index in [4.69, 9.17) is 0 Å². The van der Waals surface area contributed by atoms with Crippen LogP contribution in [0, 0.1) is 17.5 Å². The number of carbonyl (C=O) groups excluding carboxylic acids is 1. The lowest BCUT2D eigenvalue weighted by atomic mass is 10.2. The highest BCUT2D eigenvalue weighted by Crippen LogP contribution is 2.29. The first-order valence-electron chi connectivity index (χ1n) is 7.13. The molecule has 0 unspecified atom stereocenters. The zero-order chi connectivity index (χ0) is 19.1. The fourth-order valence-corrected chi connectivity index (χ4v) is 2.26. The fourth-order valence-electron chi connectivity index (χ4n) is 2.26. The third-order valence-corrected chi connectivity index (χ3v) is 3.54. The van der Waals surface area contributed by atoms with Gasteiger partial charge in [0, 0.05) is 12.4 Å². The highest BCUT2D eigenvalue weighted by molar-refractivity contribution is 5.94. The van der Waals surface area contributed by atoms with Crippen LogP contribution in [-0.2, 0) is 12.7 Å². The van der Waals surface area contributed by atoms with Crippen molar-refractivity contribution in [2.24, 2.45) is 0 Å². The number of imidazole rings is 1. The maximum Gasteiger partial charge on any atom is 0.417 e. The van der Waals surface area contributed by atoms with Crippen molar-refractivity contribution in [3.05, 3.63) is 70.9 Å². The number of nitrogens with one attached hydrogen (secondary N) is 1. The molecule has 0 aliphatic rings. The van der Waals surface area contributed by atoms with Crippen molar-refractivity contribution in [1.82, 2.24) is 14.7 Å². The van der Waals surface area contributed by atoms with E-state index in [1.54, 1.807) is 0 Å². The lowest BCUT2D eigenvalue weighted by Gasteiger charge is -2.06. The van der Waals surface area contributed by atoms with Gasteiger partial charge in [0.2, 0.25) is 0 Å². The number of rotatable bonds is 3. The quantitative estimate of drug-likeness (QED) is 0.562. The van der Waals surface area contributed by atoms with Crippen LogP contribution in [0.3, 0.4) is 0 Å². The molecule has 0 radical (unpaired) electrons. The largest absolute Gasteiger partial charge is 0.417 e. The predicted molar refractivity (Wildman–Crippen MR) is 77.7 cm³/mol. The van der Waals surface area contributed by atoms with Gasteiger partial charge in [-0.25, -0.2) is 18.2 Å². The molecule has 0 atom stereocenters. The normalized spacial score (nSPS) is 11.8. The molecule has 3 rings (SSSR count).